The van der Waals surface area contributed by atoms with Crippen molar-refractivity contribution < 1.29 is 28.7 Å². The molecule has 4 aliphatic rings. The van der Waals surface area contributed by atoms with Crippen molar-refractivity contribution in [3.05, 3.63) is 71.8 Å². The number of hydrogen-bond acceptors (Lipinski definition) is 6. The quantitative estimate of drug-likeness (QED) is 0.392. The molecule has 6 nitrogen and oxygen atoms in total. The molecular formula is C35H40O6. The number of benzene rings is 2. The molecule has 216 valence electrons. The van der Waals surface area contributed by atoms with E-state index in [2.05, 4.69) is 13.8 Å². The predicted octanol–water partition coefficient (Wildman–Crippen LogP) is 6.47. The summed E-state index contributed by atoms with van der Waals surface area (Å²) >= 11 is 0. The molecule has 0 aromatic heterocycles. The zero-order valence-corrected chi connectivity index (χ0v) is 24.2. The highest BCUT2D eigenvalue weighted by Crippen LogP contribution is 2.68. The SMILES string of the molecule is CC(=O)C1CCC2C3C[C@@H](OC(=O)c4ccccc4)[C@@H]4CC(=O)CCC4(C)C3[C@H](OC(=O)c3ccccc3)CC12C. The molecule has 0 radical (unpaired) electrons. The van der Waals surface area contributed by atoms with Crippen LogP contribution in [0.2, 0.25) is 0 Å². The smallest absolute Gasteiger partial charge is 0.338 e. The highest BCUT2D eigenvalue weighted by molar-refractivity contribution is 5.90. The van der Waals surface area contributed by atoms with Gasteiger partial charge in [0.1, 0.15) is 23.8 Å². The molecule has 0 heterocycles. The van der Waals surface area contributed by atoms with Crippen LogP contribution in [0.4, 0.5) is 0 Å². The standard InChI is InChI=1S/C35H40O6/c1-21(36)26-14-15-27-25-19-29(40-32(38)22-10-6-4-7-11-22)28-18-24(37)16-17-34(28,2)31(25)30(20-35(26,27)3)41-33(39)23-12-8-5-9-13-23/h4-13,25-31H,14-20H2,1-3H3/t25?,26?,27?,28-,29+,30+,31?,34?,35?/m0/s1. The van der Waals surface area contributed by atoms with Gasteiger partial charge in [-0.1, -0.05) is 50.2 Å². The van der Waals surface area contributed by atoms with Gasteiger partial charge in [0.2, 0.25) is 0 Å². The Morgan fingerprint density at radius 3 is 1.95 bits per heavy atom. The molecular weight excluding hydrogens is 516 g/mol. The first kappa shape index (κ1) is 27.9. The highest BCUT2D eigenvalue weighted by atomic mass is 16.5. The molecule has 2 aromatic rings. The number of rotatable bonds is 5. The number of carbonyl (C=O) groups is 4. The van der Waals surface area contributed by atoms with Gasteiger partial charge in [0.25, 0.3) is 0 Å². The fraction of sp³-hybridized carbons (Fsp3) is 0.543. The minimum absolute atomic E-state index is 0.0173. The number of carbonyl (C=O) groups excluding carboxylic acids is 4. The van der Waals surface area contributed by atoms with Crippen molar-refractivity contribution in [1.29, 1.82) is 0 Å². The molecule has 6 heteroatoms. The molecule has 0 spiro atoms. The topological polar surface area (TPSA) is 86.7 Å². The molecule has 9 atom stereocenters. The molecule has 0 bridgehead atoms. The van der Waals surface area contributed by atoms with Crippen molar-refractivity contribution in [3.8, 4) is 0 Å². The van der Waals surface area contributed by atoms with Gasteiger partial charge in [-0.15, -0.1) is 0 Å². The first-order chi connectivity index (χ1) is 19.6. The van der Waals surface area contributed by atoms with E-state index in [1.54, 1.807) is 31.2 Å². The fourth-order valence-corrected chi connectivity index (χ4v) is 9.62. The van der Waals surface area contributed by atoms with Gasteiger partial charge in [-0.3, -0.25) is 9.59 Å². The minimum atomic E-state index is -0.414. The summed E-state index contributed by atoms with van der Waals surface area (Å²) in [6, 6.07) is 18.1. The Hall–Kier alpha value is -3.28. The summed E-state index contributed by atoms with van der Waals surface area (Å²) in [5, 5.41) is 0. The van der Waals surface area contributed by atoms with Crippen LogP contribution in [0.5, 0.6) is 0 Å². The maximum absolute atomic E-state index is 13.5. The normalized spacial score (nSPS) is 37.7. The average molecular weight is 557 g/mol. The first-order valence-electron chi connectivity index (χ1n) is 15.2. The first-order valence-corrected chi connectivity index (χ1v) is 15.2. The van der Waals surface area contributed by atoms with E-state index in [9.17, 15) is 19.2 Å². The van der Waals surface area contributed by atoms with E-state index >= 15 is 0 Å². The van der Waals surface area contributed by atoms with E-state index in [1.165, 1.54) is 0 Å². The molecule has 6 rings (SSSR count). The van der Waals surface area contributed by atoms with Crippen molar-refractivity contribution in [2.45, 2.75) is 77.9 Å². The van der Waals surface area contributed by atoms with Crippen molar-refractivity contribution >= 4 is 23.5 Å². The average Bonchev–Trinajstić information content (AvgIpc) is 3.31. The van der Waals surface area contributed by atoms with E-state index in [0.29, 0.717) is 43.2 Å². The molecule has 41 heavy (non-hydrogen) atoms. The lowest BCUT2D eigenvalue weighted by molar-refractivity contribution is -0.199. The van der Waals surface area contributed by atoms with Gasteiger partial charge in [0.15, 0.2) is 0 Å². The lowest BCUT2D eigenvalue weighted by atomic mass is 9.43. The van der Waals surface area contributed by atoms with Gasteiger partial charge >= 0.3 is 11.9 Å². The molecule has 4 aliphatic carbocycles. The summed E-state index contributed by atoms with van der Waals surface area (Å²) in [5.74, 6) is -0.189. The van der Waals surface area contributed by atoms with Crippen molar-refractivity contribution in [2.75, 3.05) is 0 Å². The van der Waals surface area contributed by atoms with Crippen LogP contribution in [0.1, 0.15) is 86.4 Å². The maximum atomic E-state index is 13.5. The van der Waals surface area contributed by atoms with Crippen LogP contribution in [0, 0.1) is 40.4 Å². The molecule has 2 aromatic carbocycles. The van der Waals surface area contributed by atoms with Crippen LogP contribution in [0.15, 0.2) is 60.7 Å². The molecule has 0 N–H and O–H groups in total. The van der Waals surface area contributed by atoms with Crippen LogP contribution in [0.25, 0.3) is 0 Å². The Kier molecular flexibility index (Phi) is 7.15. The summed E-state index contributed by atoms with van der Waals surface area (Å²) in [6.45, 7) is 6.12. The number of Topliss-reactive ketones (excluding diaryl/α,β-unsaturated/α-hetero) is 2. The van der Waals surface area contributed by atoms with Crippen LogP contribution in [0.3, 0.4) is 0 Å². The lowest BCUT2D eigenvalue weighted by Crippen LogP contribution is -2.63. The Morgan fingerprint density at radius 2 is 1.37 bits per heavy atom. The molecule has 4 saturated carbocycles. The predicted molar refractivity (Wildman–Crippen MR) is 153 cm³/mol. The largest absolute Gasteiger partial charge is 0.458 e. The number of esters is 2. The van der Waals surface area contributed by atoms with Crippen molar-refractivity contribution in [2.24, 2.45) is 40.4 Å². The Morgan fingerprint density at radius 1 is 0.780 bits per heavy atom. The van der Waals surface area contributed by atoms with Gasteiger partial charge in [-0.05, 0) is 86.0 Å². The zero-order chi connectivity index (χ0) is 28.9. The van der Waals surface area contributed by atoms with Gasteiger partial charge < -0.3 is 9.47 Å². The van der Waals surface area contributed by atoms with Crippen LogP contribution in [-0.2, 0) is 19.1 Å². The minimum Gasteiger partial charge on any atom is -0.458 e. The second kappa shape index (κ2) is 10.5. The van der Waals surface area contributed by atoms with Gasteiger partial charge in [0, 0.05) is 30.6 Å². The second-order valence-electron chi connectivity index (χ2n) is 13.5. The molecule has 0 amide bonds. The molecule has 0 aliphatic heterocycles. The fourth-order valence-electron chi connectivity index (χ4n) is 9.62. The van der Waals surface area contributed by atoms with Crippen molar-refractivity contribution in [1.82, 2.24) is 0 Å². The van der Waals surface area contributed by atoms with E-state index in [1.807, 2.05) is 36.4 Å². The van der Waals surface area contributed by atoms with Gasteiger partial charge in [-0.2, -0.15) is 0 Å². The number of ketones is 2. The van der Waals surface area contributed by atoms with E-state index in [0.717, 1.165) is 12.8 Å². The molecule has 6 unspecified atom stereocenters. The number of fused-ring (bicyclic) bond motifs is 5. The third-order valence-electron chi connectivity index (χ3n) is 11.4. The summed E-state index contributed by atoms with van der Waals surface area (Å²) in [5.41, 5.74) is 0.350. The van der Waals surface area contributed by atoms with Gasteiger partial charge in [0.05, 0.1) is 11.1 Å². The third kappa shape index (κ3) is 4.73. The van der Waals surface area contributed by atoms with E-state index in [-0.39, 0.29) is 70.0 Å². The van der Waals surface area contributed by atoms with Crippen LogP contribution >= 0.6 is 0 Å². The van der Waals surface area contributed by atoms with Crippen LogP contribution < -0.4 is 0 Å². The highest BCUT2D eigenvalue weighted by Gasteiger charge is 2.67. The van der Waals surface area contributed by atoms with Gasteiger partial charge in [-0.25, -0.2) is 9.59 Å². The Balaban J connectivity index is 1.40. The van der Waals surface area contributed by atoms with Crippen molar-refractivity contribution in [3.63, 3.8) is 0 Å². The number of hydrogen-bond donors (Lipinski definition) is 0. The summed E-state index contributed by atoms with van der Waals surface area (Å²) in [4.78, 5) is 52.5. The monoisotopic (exact) mass is 556 g/mol. The molecule has 0 saturated heterocycles. The lowest BCUT2D eigenvalue weighted by Gasteiger charge is -2.63. The molecule has 4 fully saturated rings. The summed E-state index contributed by atoms with van der Waals surface area (Å²) in [6.07, 6.45) is 3.72. The Bertz CT molecular complexity index is 1340. The van der Waals surface area contributed by atoms with Crippen LogP contribution in [-0.4, -0.2) is 35.7 Å². The Labute approximate surface area is 242 Å². The zero-order valence-electron chi connectivity index (χ0n) is 24.2. The maximum Gasteiger partial charge on any atom is 0.338 e. The van der Waals surface area contributed by atoms with E-state index in [4.69, 9.17) is 9.47 Å². The summed E-state index contributed by atoms with van der Waals surface area (Å²) < 4.78 is 12.7. The second-order valence-corrected chi connectivity index (χ2v) is 13.5. The number of ether oxygens (including phenoxy) is 2. The third-order valence-corrected chi connectivity index (χ3v) is 11.4. The van der Waals surface area contributed by atoms with E-state index < -0.39 is 6.10 Å². The summed E-state index contributed by atoms with van der Waals surface area (Å²) in [7, 11) is 0.